The first kappa shape index (κ1) is 23.7. The molecule has 2 aromatic heterocycles. The Morgan fingerprint density at radius 3 is 2.62 bits per heavy atom. The van der Waals surface area contributed by atoms with Crippen molar-refractivity contribution in [3.8, 4) is 5.75 Å². The van der Waals surface area contributed by atoms with Gasteiger partial charge < -0.3 is 29.6 Å². The number of benzene rings is 1. The molecule has 178 valence electrons. The molecule has 1 amide bonds. The fourth-order valence-electron chi connectivity index (χ4n) is 4.39. The van der Waals surface area contributed by atoms with Crippen LogP contribution in [0.2, 0.25) is 0 Å². The van der Waals surface area contributed by atoms with E-state index in [2.05, 4.69) is 52.0 Å². The third kappa shape index (κ3) is 4.36. The normalized spacial score (nSPS) is 17.6. The number of carbonyl (C=O) groups is 1. The molecule has 1 aliphatic rings. The Morgan fingerprint density at radius 2 is 2.00 bits per heavy atom. The van der Waals surface area contributed by atoms with Gasteiger partial charge in [-0.15, -0.1) is 0 Å². The summed E-state index contributed by atoms with van der Waals surface area (Å²) in [5, 5.41) is 6.93. The molecule has 1 aliphatic heterocycles. The van der Waals surface area contributed by atoms with Gasteiger partial charge in [0.15, 0.2) is 5.11 Å². The molecule has 3 aromatic rings. The van der Waals surface area contributed by atoms with Crippen molar-refractivity contribution in [3.05, 3.63) is 71.3 Å². The number of nitrogens with one attached hydrogen (secondary N) is 2. The van der Waals surface area contributed by atoms with Crippen LogP contribution in [0, 0.1) is 13.8 Å². The van der Waals surface area contributed by atoms with Gasteiger partial charge in [-0.25, -0.2) is 0 Å². The van der Waals surface area contributed by atoms with Crippen LogP contribution in [-0.2, 0) is 16.6 Å². The van der Waals surface area contributed by atoms with Crippen LogP contribution in [0.25, 0.3) is 0 Å². The number of aromatic nitrogens is 2. The van der Waals surface area contributed by atoms with E-state index in [0.717, 1.165) is 28.3 Å². The second-order valence-corrected chi connectivity index (χ2v) is 8.63. The summed E-state index contributed by atoms with van der Waals surface area (Å²) in [7, 11) is 5.11. The van der Waals surface area contributed by atoms with E-state index in [1.54, 1.807) is 13.3 Å². The van der Waals surface area contributed by atoms with Crippen molar-refractivity contribution in [2.75, 3.05) is 31.0 Å². The van der Waals surface area contributed by atoms with Gasteiger partial charge in [0.2, 0.25) is 5.91 Å². The van der Waals surface area contributed by atoms with Gasteiger partial charge in [-0.2, -0.15) is 0 Å². The van der Waals surface area contributed by atoms with Crippen molar-refractivity contribution in [1.82, 2.24) is 14.9 Å². The van der Waals surface area contributed by atoms with Crippen LogP contribution in [0.1, 0.15) is 34.7 Å². The van der Waals surface area contributed by atoms with Crippen molar-refractivity contribution < 1.29 is 14.3 Å². The molecule has 1 fully saturated rings. The van der Waals surface area contributed by atoms with Gasteiger partial charge in [-0.3, -0.25) is 9.78 Å². The Kier molecular flexibility index (Phi) is 6.85. The highest BCUT2D eigenvalue weighted by atomic mass is 32.1. The van der Waals surface area contributed by atoms with E-state index in [9.17, 15) is 4.79 Å². The van der Waals surface area contributed by atoms with Crippen LogP contribution in [0.4, 0.5) is 11.4 Å². The van der Waals surface area contributed by atoms with Gasteiger partial charge in [-0.05, 0) is 68.0 Å². The molecule has 0 aliphatic carbocycles. The molecular formula is C25H29N5O3S. The predicted molar refractivity (Wildman–Crippen MR) is 136 cm³/mol. The molecule has 3 heterocycles. The molecule has 2 N–H and O–H groups in total. The van der Waals surface area contributed by atoms with Crippen molar-refractivity contribution >= 4 is 34.6 Å². The summed E-state index contributed by atoms with van der Waals surface area (Å²) < 4.78 is 12.6. The minimum absolute atomic E-state index is 0.0517. The zero-order chi connectivity index (χ0) is 24.4. The van der Waals surface area contributed by atoms with E-state index in [4.69, 9.17) is 21.7 Å². The summed E-state index contributed by atoms with van der Waals surface area (Å²) in [4.78, 5) is 18.9. The summed E-state index contributed by atoms with van der Waals surface area (Å²) in [6, 6.07) is 13.4. The first-order chi connectivity index (χ1) is 16.3. The van der Waals surface area contributed by atoms with E-state index in [1.807, 2.05) is 36.4 Å². The molecule has 0 spiro atoms. The summed E-state index contributed by atoms with van der Waals surface area (Å²) in [5.41, 5.74) is 5.75. The van der Waals surface area contributed by atoms with Crippen LogP contribution in [-0.4, -0.2) is 41.4 Å². The number of aryl methyl sites for hydroxylation is 1. The number of hydrogen-bond donors (Lipinski definition) is 2. The molecule has 4 rings (SSSR count). The Labute approximate surface area is 204 Å². The lowest BCUT2D eigenvalue weighted by Gasteiger charge is -2.28. The molecule has 8 nitrogen and oxygen atoms in total. The molecular weight excluding hydrogens is 450 g/mol. The number of hydrogen-bond acceptors (Lipinski definition) is 5. The second kappa shape index (κ2) is 9.82. The maximum Gasteiger partial charge on any atom is 0.250 e. The number of methoxy groups -OCH3 is 2. The Hall–Kier alpha value is -3.43. The van der Waals surface area contributed by atoms with Gasteiger partial charge in [0.1, 0.15) is 12.4 Å². The Morgan fingerprint density at radius 1 is 1.21 bits per heavy atom. The SMILES string of the molecule is COCC(=O)Nc1cc(N2C(=S)N[C@@H](c3ccccn3)[C@H]2c2cc(C)n(C)c2C)ccc1OC. The molecule has 1 saturated heterocycles. The number of anilines is 2. The summed E-state index contributed by atoms with van der Waals surface area (Å²) in [5.74, 6) is 0.286. The zero-order valence-electron chi connectivity index (χ0n) is 20.0. The average molecular weight is 480 g/mol. The molecule has 0 unspecified atom stereocenters. The highest BCUT2D eigenvalue weighted by Gasteiger charge is 2.42. The number of nitrogens with zero attached hydrogens (tertiary/aromatic N) is 3. The van der Waals surface area contributed by atoms with E-state index < -0.39 is 0 Å². The van der Waals surface area contributed by atoms with Crippen LogP contribution in [0.15, 0.2) is 48.7 Å². The molecule has 1 aromatic carbocycles. The maximum absolute atomic E-state index is 12.2. The molecule has 0 saturated carbocycles. The fraction of sp³-hybridized carbons (Fsp3) is 0.320. The molecule has 0 radical (unpaired) electrons. The lowest BCUT2D eigenvalue weighted by molar-refractivity contribution is -0.119. The van der Waals surface area contributed by atoms with Crippen molar-refractivity contribution in [3.63, 3.8) is 0 Å². The van der Waals surface area contributed by atoms with Gasteiger partial charge in [-0.1, -0.05) is 6.07 Å². The molecule has 2 atom stereocenters. The minimum atomic E-state index is -0.266. The summed E-state index contributed by atoms with van der Waals surface area (Å²) in [6.07, 6.45) is 1.79. The largest absolute Gasteiger partial charge is 0.495 e. The molecule has 34 heavy (non-hydrogen) atoms. The van der Waals surface area contributed by atoms with E-state index in [0.29, 0.717) is 16.5 Å². The number of pyridine rings is 1. The number of amides is 1. The van der Waals surface area contributed by atoms with Crippen LogP contribution < -0.4 is 20.3 Å². The quantitative estimate of drug-likeness (QED) is 0.499. The maximum atomic E-state index is 12.2. The van der Waals surface area contributed by atoms with Crippen LogP contribution in [0.5, 0.6) is 5.75 Å². The monoisotopic (exact) mass is 479 g/mol. The number of ether oxygens (including phenoxy) is 2. The first-order valence-corrected chi connectivity index (χ1v) is 11.4. The van der Waals surface area contributed by atoms with Crippen molar-refractivity contribution in [2.45, 2.75) is 25.9 Å². The number of rotatable bonds is 7. The topological polar surface area (TPSA) is 80.7 Å². The lowest BCUT2D eigenvalue weighted by Crippen LogP contribution is -2.29. The summed E-state index contributed by atoms with van der Waals surface area (Å²) in [6.45, 7) is 4.15. The zero-order valence-corrected chi connectivity index (χ0v) is 20.8. The first-order valence-electron chi connectivity index (χ1n) is 11.0. The highest BCUT2D eigenvalue weighted by Crippen LogP contribution is 2.44. The molecule has 0 bridgehead atoms. The van der Waals surface area contributed by atoms with E-state index >= 15 is 0 Å². The second-order valence-electron chi connectivity index (χ2n) is 8.25. The van der Waals surface area contributed by atoms with Crippen LogP contribution >= 0.6 is 12.2 Å². The smallest absolute Gasteiger partial charge is 0.250 e. The van der Waals surface area contributed by atoms with Crippen molar-refractivity contribution in [1.29, 1.82) is 0 Å². The minimum Gasteiger partial charge on any atom is -0.495 e. The average Bonchev–Trinajstić information content (AvgIpc) is 3.30. The predicted octanol–water partition coefficient (Wildman–Crippen LogP) is 3.81. The van der Waals surface area contributed by atoms with Crippen molar-refractivity contribution in [2.24, 2.45) is 7.05 Å². The van der Waals surface area contributed by atoms with Gasteiger partial charge in [0, 0.05) is 37.4 Å². The standard InChI is InChI=1S/C25H29N5O3S/c1-15-12-18(16(2)29(15)3)24-23(19-8-6-7-11-26-19)28-25(34)30(24)17-9-10-21(33-5)20(13-17)27-22(31)14-32-4/h6-13,23-24H,14H2,1-5H3,(H,27,31)(H,28,34)/t23-,24+/m0/s1. The van der Waals surface area contributed by atoms with E-state index in [1.165, 1.54) is 7.11 Å². The number of thiocarbonyl (C=S) groups is 1. The number of carbonyl (C=O) groups excluding carboxylic acids is 1. The fourth-order valence-corrected chi connectivity index (χ4v) is 4.74. The Bertz CT molecular complexity index is 1210. The highest BCUT2D eigenvalue weighted by molar-refractivity contribution is 7.80. The third-order valence-corrected chi connectivity index (χ3v) is 6.56. The van der Waals surface area contributed by atoms with Gasteiger partial charge in [0.05, 0.1) is 30.6 Å². The van der Waals surface area contributed by atoms with Crippen LogP contribution in [0.3, 0.4) is 0 Å². The lowest BCUT2D eigenvalue weighted by atomic mass is 9.96. The van der Waals surface area contributed by atoms with Gasteiger partial charge >= 0.3 is 0 Å². The van der Waals surface area contributed by atoms with E-state index in [-0.39, 0.29) is 24.6 Å². The molecule has 9 heteroatoms. The third-order valence-electron chi connectivity index (χ3n) is 6.24. The summed E-state index contributed by atoms with van der Waals surface area (Å²) >= 11 is 5.84. The Balaban J connectivity index is 1.82. The van der Waals surface area contributed by atoms with Gasteiger partial charge in [0.25, 0.3) is 0 Å².